The van der Waals surface area contributed by atoms with Crippen molar-refractivity contribution in [2.24, 2.45) is 22.7 Å². The molecule has 4 N–H and O–H groups in total. The van der Waals surface area contributed by atoms with Crippen molar-refractivity contribution in [3.8, 4) is 0 Å². The number of rotatable bonds is 5. The number of alkyl halides is 2. The molecule has 1 saturated heterocycles. The number of benzene rings is 1. The van der Waals surface area contributed by atoms with Crippen LogP contribution in [-0.2, 0) is 25.5 Å². The topological polar surface area (TPSA) is 119 Å². The number of ether oxygens (including phenoxy) is 2. The Bertz CT molecular complexity index is 1570. The zero-order valence-electron chi connectivity index (χ0n) is 24.0. The molecule has 7 rings (SSSR count). The van der Waals surface area contributed by atoms with Gasteiger partial charge in [-0.15, -0.1) is 11.3 Å². The van der Waals surface area contributed by atoms with E-state index in [0.29, 0.717) is 12.1 Å². The zero-order valence-corrected chi connectivity index (χ0v) is 24.8. The van der Waals surface area contributed by atoms with Crippen molar-refractivity contribution >= 4 is 28.6 Å². The SMILES string of the molecule is C[C@]12C=CC(=O)C=C1[C@@H](F)CC1[C@@H]3C[C@H]4O[C@@H](c5cc(Cc6cccc(N)c6)cs5)O[C@@]4(C(=O)CO)[C@@]3(C)C[C@H](O)[C@@]12F. The van der Waals surface area contributed by atoms with Gasteiger partial charge >= 0.3 is 0 Å². The molecule has 0 radical (unpaired) electrons. The molecule has 4 fully saturated rings. The third-order valence-electron chi connectivity index (χ3n) is 11.2. The molecule has 0 spiro atoms. The number of fused-ring (bicyclic) bond motifs is 7. The van der Waals surface area contributed by atoms with Crippen molar-refractivity contribution in [3.63, 3.8) is 0 Å². The summed E-state index contributed by atoms with van der Waals surface area (Å²) in [6.45, 7) is 2.50. The van der Waals surface area contributed by atoms with Crippen molar-refractivity contribution in [1.82, 2.24) is 0 Å². The van der Waals surface area contributed by atoms with E-state index in [-0.39, 0.29) is 24.8 Å². The largest absolute Gasteiger partial charge is 0.399 e. The number of thiophene rings is 1. The van der Waals surface area contributed by atoms with Crippen molar-refractivity contribution in [2.75, 3.05) is 12.3 Å². The summed E-state index contributed by atoms with van der Waals surface area (Å²) in [5, 5.41) is 23.8. The smallest absolute Gasteiger partial charge is 0.194 e. The number of Topliss-reactive ketones (excluding diaryl/α,β-unsaturated/α-hetero) is 1. The first-order valence-corrected chi connectivity index (χ1v) is 15.6. The van der Waals surface area contributed by atoms with Gasteiger partial charge < -0.3 is 25.4 Å². The van der Waals surface area contributed by atoms with Crippen LogP contribution in [0.5, 0.6) is 0 Å². The number of aliphatic hydroxyl groups excluding tert-OH is 2. The van der Waals surface area contributed by atoms with Crippen molar-refractivity contribution in [1.29, 1.82) is 0 Å². The van der Waals surface area contributed by atoms with Gasteiger partial charge in [0.05, 0.1) is 17.1 Å². The fraction of sp³-hybridized carbons (Fsp3) is 0.515. The summed E-state index contributed by atoms with van der Waals surface area (Å²) in [4.78, 5) is 26.6. The predicted octanol–water partition coefficient (Wildman–Crippen LogP) is 4.56. The highest BCUT2D eigenvalue weighted by atomic mass is 32.1. The van der Waals surface area contributed by atoms with Crippen LogP contribution in [0, 0.1) is 22.7 Å². The molecule has 0 amide bonds. The Morgan fingerprint density at radius 2 is 1.98 bits per heavy atom. The van der Waals surface area contributed by atoms with Gasteiger partial charge in [0.1, 0.15) is 12.8 Å². The Balaban J connectivity index is 1.23. The number of hydrogen-bond donors (Lipinski definition) is 3. The van der Waals surface area contributed by atoms with E-state index in [0.717, 1.165) is 22.1 Å². The average molecular weight is 612 g/mol. The first kappa shape index (κ1) is 29.0. The highest BCUT2D eigenvalue weighted by Gasteiger charge is 2.80. The third kappa shape index (κ3) is 3.76. The second-order valence-electron chi connectivity index (χ2n) is 13.3. The normalized spacial score (nSPS) is 43.0. The lowest BCUT2D eigenvalue weighted by Gasteiger charge is -2.63. The second kappa shape index (κ2) is 9.62. The van der Waals surface area contributed by atoms with Crippen LogP contribution in [0.4, 0.5) is 14.5 Å². The molecule has 1 aliphatic heterocycles. The quantitative estimate of drug-likeness (QED) is 0.424. The molecule has 4 aliphatic carbocycles. The second-order valence-corrected chi connectivity index (χ2v) is 14.2. The Morgan fingerprint density at radius 3 is 2.72 bits per heavy atom. The number of carbonyl (C=O) groups excluding carboxylic acids is 2. The van der Waals surface area contributed by atoms with E-state index in [1.807, 2.05) is 35.7 Å². The van der Waals surface area contributed by atoms with Gasteiger partial charge in [-0.1, -0.05) is 25.1 Å². The minimum Gasteiger partial charge on any atom is -0.399 e. The number of ketones is 2. The van der Waals surface area contributed by atoms with Gasteiger partial charge in [0.15, 0.2) is 29.1 Å². The summed E-state index contributed by atoms with van der Waals surface area (Å²) in [5.41, 5.74) is 2.09. The summed E-state index contributed by atoms with van der Waals surface area (Å²) >= 11 is 1.43. The van der Waals surface area contributed by atoms with Gasteiger partial charge in [-0.3, -0.25) is 9.59 Å². The summed E-state index contributed by atoms with van der Waals surface area (Å²) in [6.07, 6.45) is -0.677. The van der Waals surface area contributed by atoms with Gasteiger partial charge in [0, 0.05) is 22.4 Å². The Kier molecular flexibility index (Phi) is 6.48. The van der Waals surface area contributed by atoms with Crippen molar-refractivity contribution in [3.05, 3.63) is 75.5 Å². The molecule has 10 atom stereocenters. The Hall–Kier alpha value is -2.76. The third-order valence-corrected chi connectivity index (χ3v) is 12.2. The lowest BCUT2D eigenvalue weighted by molar-refractivity contribution is -0.234. The maximum atomic E-state index is 17.5. The van der Waals surface area contributed by atoms with Gasteiger partial charge in [-0.05, 0) is 91.0 Å². The number of anilines is 1. The van der Waals surface area contributed by atoms with E-state index in [1.165, 1.54) is 30.4 Å². The zero-order chi connectivity index (χ0) is 30.5. The summed E-state index contributed by atoms with van der Waals surface area (Å²) in [6, 6.07) is 9.58. The number of hydrogen-bond acceptors (Lipinski definition) is 8. The summed E-state index contributed by atoms with van der Waals surface area (Å²) < 4.78 is 46.3. The number of halogens is 2. The maximum absolute atomic E-state index is 17.5. The molecule has 43 heavy (non-hydrogen) atoms. The minimum absolute atomic E-state index is 0.0417. The monoisotopic (exact) mass is 611 g/mol. The average Bonchev–Trinajstić information content (AvgIpc) is 3.64. The van der Waals surface area contributed by atoms with Crippen LogP contribution >= 0.6 is 11.3 Å². The fourth-order valence-electron chi connectivity index (χ4n) is 9.24. The molecule has 2 heterocycles. The van der Waals surface area contributed by atoms with E-state index < -0.39 is 76.8 Å². The Morgan fingerprint density at radius 1 is 1.19 bits per heavy atom. The van der Waals surface area contributed by atoms with E-state index in [2.05, 4.69) is 0 Å². The maximum Gasteiger partial charge on any atom is 0.194 e. The molecule has 1 unspecified atom stereocenters. The number of carbonyl (C=O) groups is 2. The van der Waals surface area contributed by atoms with E-state index in [9.17, 15) is 19.8 Å². The number of nitrogen functional groups attached to an aromatic ring is 1. The highest BCUT2D eigenvalue weighted by Crippen LogP contribution is 2.72. The van der Waals surface area contributed by atoms with Crippen LogP contribution < -0.4 is 5.73 Å². The van der Waals surface area contributed by atoms with Crippen LogP contribution in [0.25, 0.3) is 0 Å². The van der Waals surface area contributed by atoms with Crippen LogP contribution in [0.3, 0.4) is 0 Å². The van der Waals surface area contributed by atoms with Gasteiger partial charge in [-0.2, -0.15) is 0 Å². The standard InChI is InChI=1S/C33H35F2NO6S/c1-30-7-6-20(38)11-23(30)24(34)12-22-21-13-28-33(27(40)15-37,31(21,2)14-26(39)32(22,30)35)42-29(41-28)25-10-18(16-43-25)8-17-4-3-5-19(36)9-17/h3-7,9-11,16,21-22,24,26,28-29,37,39H,8,12-15,36H2,1-2H3/t21-,22?,24-,26-,28+,29+,30-,31-,32-,33+/m0/s1. The molecule has 10 heteroatoms. The molecule has 5 aliphatic rings. The van der Waals surface area contributed by atoms with E-state index in [1.54, 1.807) is 6.92 Å². The number of nitrogens with two attached hydrogens (primary N) is 1. The van der Waals surface area contributed by atoms with Crippen molar-refractivity contribution in [2.45, 2.75) is 75.5 Å². The fourth-order valence-corrected chi connectivity index (χ4v) is 10.1. The number of aliphatic hydroxyl groups is 2. The van der Waals surface area contributed by atoms with Crippen LogP contribution in [0.1, 0.15) is 55.4 Å². The van der Waals surface area contributed by atoms with E-state index in [4.69, 9.17) is 15.2 Å². The molecule has 7 nitrogen and oxygen atoms in total. The molecule has 1 aromatic heterocycles. The molecular formula is C33H35F2NO6S. The summed E-state index contributed by atoms with van der Waals surface area (Å²) in [5.74, 6) is -2.58. The van der Waals surface area contributed by atoms with Crippen LogP contribution in [0.2, 0.25) is 0 Å². The molecule has 1 aromatic carbocycles. The lowest BCUT2D eigenvalue weighted by atomic mass is 9.44. The minimum atomic E-state index is -2.28. The molecule has 2 aromatic rings. The highest BCUT2D eigenvalue weighted by molar-refractivity contribution is 7.10. The van der Waals surface area contributed by atoms with Gasteiger partial charge in [0.2, 0.25) is 0 Å². The molecule has 0 bridgehead atoms. The predicted molar refractivity (Wildman–Crippen MR) is 156 cm³/mol. The van der Waals surface area contributed by atoms with Crippen LogP contribution in [0.15, 0.2) is 59.5 Å². The Labute approximate surface area is 252 Å². The first-order chi connectivity index (χ1) is 20.4. The van der Waals surface area contributed by atoms with Gasteiger partial charge in [-0.25, -0.2) is 8.78 Å². The van der Waals surface area contributed by atoms with Crippen molar-refractivity contribution < 1.29 is 38.1 Å². The van der Waals surface area contributed by atoms with E-state index >= 15 is 8.78 Å². The summed E-state index contributed by atoms with van der Waals surface area (Å²) in [7, 11) is 0. The molecule has 3 saturated carbocycles. The number of allylic oxidation sites excluding steroid dienone is 4. The molecular weight excluding hydrogens is 576 g/mol. The van der Waals surface area contributed by atoms with Crippen LogP contribution in [-0.4, -0.2) is 58.0 Å². The first-order valence-electron chi connectivity index (χ1n) is 14.7. The lowest BCUT2D eigenvalue weighted by Crippen LogP contribution is -2.70. The molecule has 228 valence electrons. The van der Waals surface area contributed by atoms with Gasteiger partial charge in [0.25, 0.3) is 0 Å².